The van der Waals surface area contributed by atoms with Crippen LogP contribution in [0.3, 0.4) is 0 Å². The summed E-state index contributed by atoms with van der Waals surface area (Å²) in [6.45, 7) is 2.04. The van der Waals surface area contributed by atoms with Crippen molar-refractivity contribution in [1.82, 2.24) is 5.32 Å². The van der Waals surface area contributed by atoms with Gasteiger partial charge in [0.25, 0.3) is 0 Å². The second-order valence-electron chi connectivity index (χ2n) is 4.26. The Kier molecular flexibility index (Phi) is 5.06. The fourth-order valence-corrected chi connectivity index (χ4v) is 2.18. The van der Waals surface area contributed by atoms with Crippen molar-refractivity contribution in [2.45, 2.75) is 13.0 Å². The molecule has 0 bridgehead atoms. The molecule has 1 aromatic carbocycles. The van der Waals surface area contributed by atoms with Gasteiger partial charge in [0, 0.05) is 0 Å². The largest absolute Gasteiger partial charge is 0.468 e. The van der Waals surface area contributed by atoms with Gasteiger partial charge in [-0.2, -0.15) is 0 Å². The van der Waals surface area contributed by atoms with E-state index in [1.165, 1.54) is 0 Å². The highest BCUT2D eigenvalue weighted by molar-refractivity contribution is 6.39. The fraction of sp³-hybridized carbons (Fsp3) is 0.214. The molecular formula is C14H14Cl2N2O2. The van der Waals surface area contributed by atoms with E-state index >= 15 is 0 Å². The molecule has 0 aliphatic carbocycles. The summed E-state index contributed by atoms with van der Waals surface area (Å²) in [7, 11) is 0. The van der Waals surface area contributed by atoms with E-state index in [0.717, 1.165) is 5.76 Å². The van der Waals surface area contributed by atoms with Crippen molar-refractivity contribution < 1.29 is 9.21 Å². The van der Waals surface area contributed by atoms with Gasteiger partial charge in [-0.05, 0) is 31.2 Å². The number of para-hydroxylation sites is 1. The van der Waals surface area contributed by atoms with Crippen LogP contribution in [0.15, 0.2) is 41.0 Å². The average Bonchev–Trinajstić information content (AvgIpc) is 2.94. The molecule has 0 aliphatic rings. The number of carbonyl (C=O) groups excluding carboxylic acids is 1. The van der Waals surface area contributed by atoms with Gasteiger partial charge in [0.1, 0.15) is 5.76 Å². The van der Waals surface area contributed by atoms with Crippen LogP contribution in [-0.4, -0.2) is 12.5 Å². The van der Waals surface area contributed by atoms with Crippen LogP contribution in [0.4, 0.5) is 5.69 Å². The van der Waals surface area contributed by atoms with Crippen LogP contribution in [0.2, 0.25) is 10.0 Å². The van der Waals surface area contributed by atoms with E-state index in [9.17, 15) is 4.79 Å². The Balaban J connectivity index is 1.90. The van der Waals surface area contributed by atoms with Crippen LogP contribution < -0.4 is 10.6 Å². The summed E-state index contributed by atoms with van der Waals surface area (Å²) in [4.78, 5) is 11.9. The molecule has 2 aromatic rings. The first-order valence-corrected chi connectivity index (χ1v) is 6.84. The normalized spacial score (nSPS) is 12.2. The van der Waals surface area contributed by atoms with Crippen molar-refractivity contribution in [2.75, 3.05) is 11.9 Å². The molecule has 1 heterocycles. The van der Waals surface area contributed by atoms with E-state index in [1.807, 2.05) is 13.0 Å². The summed E-state index contributed by atoms with van der Waals surface area (Å²) >= 11 is 12.0. The molecule has 1 amide bonds. The lowest BCUT2D eigenvalue weighted by Gasteiger charge is -2.12. The minimum Gasteiger partial charge on any atom is -0.468 e. The Bertz CT molecular complexity index is 565. The number of anilines is 1. The third-order valence-electron chi connectivity index (χ3n) is 2.77. The molecule has 0 unspecified atom stereocenters. The summed E-state index contributed by atoms with van der Waals surface area (Å²) in [6.07, 6.45) is 1.59. The maximum absolute atomic E-state index is 11.9. The Hall–Kier alpha value is -1.49. The maximum atomic E-state index is 11.9. The SMILES string of the molecule is C[C@@H](NCC(=O)Nc1c(Cl)cccc1Cl)c1ccco1. The first-order chi connectivity index (χ1) is 9.58. The van der Waals surface area contributed by atoms with E-state index < -0.39 is 0 Å². The van der Waals surface area contributed by atoms with Crippen LogP contribution in [0.25, 0.3) is 0 Å². The molecule has 2 rings (SSSR count). The summed E-state index contributed by atoms with van der Waals surface area (Å²) in [5, 5.41) is 6.55. The lowest BCUT2D eigenvalue weighted by Crippen LogP contribution is -2.30. The second-order valence-corrected chi connectivity index (χ2v) is 5.08. The molecule has 0 spiro atoms. The number of halogens is 2. The van der Waals surface area contributed by atoms with Gasteiger partial charge in [0.2, 0.25) is 5.91 Å². The summed E-state index contributed by atoms with van der Waals surface area (Å²) in [5.74, 6) is 0.548. The first kappa shape index (κ1) is 14.9. The molecule has 0 saturated heterocycles. The highest BCUT2D eigenvalue weighted by Crippen LogP contribution is 2.29. The first-order valence-electron chi connectivity index (χ1n) is 6.08. The van der Waals surface area contributed by atoms with Crippen molar-refractivity contribution in [3.05, 3.63) is 52.4 Å². The molecule has 0 fully saturated rings. The fourth-order valence-electron chi connectivity index (χ4n) is 1.68. The van der Waals surface area contributed by atoms with Gasteiger partial charge in [-0.25, -0.2) is 0 Å². The monoisotopic (exact) mass is 312 g/mol. The van der Waals surface area contributed by atoms with Gasteiger partial charge >= 0.3 is 0 Å². The molecule has 20 heavy (non-hydrogen) atoms. The minimum absolute atomic E-state index is 0.0579. The zero-order valence-corrected chi connectivity index (χ0v) is 12.3. The highest BCUT2D eigenvalue weighted by atomic mass is 35.5. The van der Waals surface area contributed by atoms with Gasteiger partial charge in [-0.15, -0.1) is 0 Å². The summed E-state index contributed by atoms with van der Waals surface area (Å²) < 4.78 is 5.25. The Morgan fingerprint density at radius 2 is 1.95 bits per heavy atom. The summed E-state index contributed by atoms with van der Waals surface area (Å²) in [5.41, 5.74) is 0.424. The van der Waals surface area contributed by atoms with Crippen LogP contribution in [0.1, 0.15) is 18.7 Å². The number of nitrogens with one attached hydrogen (secondary N) is 2. The second kappa shape index (κ2) is 6.79. The Labute approximate surface area is 127 Å². The minimum atomic E-state index is -0.224. The molecule has 6 heteroatoms. The lowest BCUT2D eigenvalue weighted by molar-refractivity contribution is -0.115. The molecule has 0 saturated carbocycles. The molecule has 2 N–H and O–H groups in total. The topological polar surface area (TPSA) is 54.3 Å². The predicted molar refractivity (Wildman–Crippen MR) is 80.2 cm³/mol. The van der Waals surface area contributed by atoms with Gasteiger partial charge in [0.05, 0.1) is 34.6 Å². The summed E-state index contributed by atoms with van der Waals surface area (Å²) in [6, 6.07) is 8.65. The van der Waals surface area contributed by atoms with E-state index in [2.05, 4.69) is 10.6 Å². The maximum Gasteiger partial charge on any atom is 0.238 e. The van der Waals surface area contributed by atoms with E-state index in [0.29, 0.717) is 15.7 Å². The number of hydrogen-bond donors (Lipinski definition) is 2. The van der Waals surface area contributed by atoms with Crippen LogP contribution in [0.5, 0.6) is 0 Å². The van der Waals surface area contributed by atoms with Gasteiger partial charge in [-0.3, -0.25) is 10.1 Å². The van der Waals surface area contributed by atoms with Crippen LogP contribution in [-0.2, 0) is 4.79 Å². The lowest BCUT2D eigenvalue weighted by atomic mass is 10.2. The molecule has 106 valence electrons. The number of furan rings is 1. The molecule has 1 atom stereocenters. The van der Waals surface area contributed by atoms with Gasteiger partial charge in [-0.1, -0.05) is 29.3 Å². The zero-order chi connectivity index (χ0) is 14.5. The van der Waals surface area contributed by atoms with E-state index in [4.69, 9.17) is 27.6 Å². The number of amides is 1. The smallest absolute Gasteiger partial charge is 0.238 e. The standard InChI is InChI=1S/C14H14Cl2N2O2/c1-9(12-6-3-7-20-12)17-8-13(19)18-14-10(15)4-2-5-11(14)16/h2-7,9,17H,8H2,1H3,(H,18,19)/t9-/m1/s1. The van der Waals surface area contributed by atoms with Crippen molar-refractivity contribution in [3.63, 3.8) is 0 Å². The molecule has 4 nitrogen and oxygen atoms in total. The van der Waals surface area contributed by atoms with Crippen LogP contribution >= 0.6 is 23.2 Å². The molecule has 0 radical (unpaired) electrons. The van der Waals surface area contributed by atoms with E-state index in [-0.39, 0.29) is 18.5 Å². The quantitative estimate of drug-likeness (QED) is 0.881. The van der Waals surface area contributed by atoms with Crippen molar-refractivity contribution in [3.8, 4) is 0 Å². The van der Waals surface area contributed by atoms with Crippen LogP contribution in [0, 0.1) is 0 Å². The van der Waals surface area contributed by atoms with E-state index in [1.54, 1.807) is 30.5 Å². The number of carbonyl (C=O) groups is 1. The van der Waals surface area contributed by atoms with Crippen molar-refractivity contribution in [2.24, 2.45) is 0 Å². The number of benzene rings is 1. The van der Waals surface area contributed by atoms with Crippen molar-refractivity contribution >= 4 is 34.8 Å². The van der Waals surface area contributed by atoms with Gasteiger partial charge < -0.3 is 9.73 Å². The Morgan fingerprint density at radius 1 is 1.25 bits per heavy atom. The molecular weight excluding hydrogens is 299 g/mol. The number of rotatable bonds is 5. The third-order valence-corrected chi connectivity index (χ3v) is 3.40. The zero-order valence-electron chi connectivity index (χ0n) is 10.8. The predicted octanol–water partition coefficient (Wildman–Crippen LogP) is 3.88. The number of hydrogen-bond acceptors (Lipinski definition) is 3. The highest BCUT2D eigenvalue weighted by Gasteiger charge is 2.12. The molecule has 1 aromatic heterocycles. The molecule has 0 aliphatic heterocycles. The van der Waals surface area contributed by atoms with Crippen molar-refractivity contribution in [1.29, 1.82) is 0 Å². The third kappa shape index (κ3) is 3.76. The van der Waals surface area contributed by atoms with Gasteiger partial charge in [0.15, 0.2) is 0 Å². The average molecular weight is 313 g/mol. The Morgan fingerprint density at radius 3 is 2.55 bits per heavy atom.